The fourth-order valence-electron chi connectivity index (χ4n) is 1.61. The first-order chi connectivity index (χ1) is 6.65. The monoisotopic (exact) mass is 214 g/mol. The Balaban J connectivity index is 2.37. The van der Waals surface area contributed by atoms with Crippen LogP contribution >= 0.6 is 11.6 Å². The molecule has 1 aromatic rings. The Morgan fingerprint density at radius 2 is 2.29 bits per heavy atom. The topological polar surface area (TPSA) is 17.8 Å². The molecule has 0 aliphatic rings. The number of alkyl halides is 1. The van der Waals surface area contributed by atoms with Crippen molar-refractivity contribution in [2.24, 2.45) is 13.0 Å². The van der Waals surface area contributed by atoms with Crippen molar-refractivity contribution in [2.45, 2.75) is 38.5 Å². The van der Waals surface area contributed by atoms with E-state index >= 15 is 0 Å². The Labute approximate surface area is 91.3 Å². The molecule has 0 fully saturated rings. The van der Waals surface area contributed by atoms with Gasteiger partial charge in [0, 0.05) is 24.3 Å². The van der Waals surface area contributed by atoms with Crippen molar-refractivity contribution in [3.8, 4) is 0 Å². The van der Waals surface area contributed by atoms with Gasteiger partial charge in [-0.3, -0.25) is 4.68 Å². The van der Waals surface area contributed by atoms with E-state index in [1.54, 1.807) is 0 Å². The molecule has 0 aliphatic carbocycles. The molecule has 0 N–H and O–H groups in total. The fraction of sp³-hybridized carbons (Fsp3) is 0.727. The Kier molecular flexibility index (Phi) is 4.46. The highest BCUT2D eigenvalue weighted by molar-refractivity contribution is 6.20. The van der Waals surface area contributed by atoms with Gasteiger partial charge in [-0.2, -0.15) is 5.10 Å². The van der Waals surface area contributed by atoms with Crippen LogP contribution in [0.25, 0.3) is 0 Å². The van der Waals surface area contributed by atoms with Crippen LogP contribution in [0.5, 0.6) is 0 Å². The summed E-state index contributed by atoms with van der Waals surface area (Å²) in [6, 6.07) is 2.07. The van der Waals surface area contributed by atoms with Gasteiger partial charge in [0.1, 0.15) is 0 Å². The summed E-state index contributed by atoms with van der Waals surface area (Å²) in [7, 11) is 1.98. The third-order valence-corrected chi connectivity index (χ3v) is 3.52. The standard InChI is InChI=1S/C11H19ClN2/c1-4-11(12)9(2)5-6-10-7-8-13-14(10)3/h7-9,11H,4-6H2,1-3H3. The molecule has 0 amide bonds. The van der Waals surface area contributed by atoms with E-state index in [4.69, 9.17) is 11.6 Å². The molecule has 3 heteroatoms. The Morgan fingerprint density at radius 3 is 2.79 bits per heavy atom. The van der Waals surface area contributed by atoms with Gasteiger partial charge in [0.2, 0.25) is 0 Å². The van der Waals surface area contributed by atoms with Crippen LogP contribution in [0.2, 0.25) is 0 Å². The van der Waals surface area contributed by atoms with E-state index in [-0.39, 0.29) is 0 Å². The van der Waals surface area contributed by atoms with Crippen LogP contribution in [-0.2, 0) is 13.5 Å². The third kappa shape index (κ3) is 3.02. The van der Waals surface area contributed by atoms with Gasteiger partial charge < -0.3 is 0 Å². The molecule has 80 valence electrons. The highest BCUT2D eigenvalue weighted by Crippen LogP contribution is 2.19. The highest BCUT2D eigenvalue weighted by Gasteiger charge is 2.12. The van der Waals surface area contributed by atoms with Gasteiger partial charge in [-0.15, -0.1) is 11.6 Å². The minimum Gasteiger partial charge on any atom is -0.273 e. The highest BCUT2D eigenvalue weighted by atomic mass is 35.5. The Hall–Kier alpha value is -0.500. The van der Waals surface area contributed by atoms with Crippen molar-refractivity contribution < 1.29 is 0 Å². The van der Waals surface area contributed by atoms with E-state index in [9.17, 15) is 0 Å². The lowest BCUT2D eigenvalue weighted by Crippen LogP contribution is -2.12. The number of halogens is 1. The van der Waals surface area contributed by atoms with Gasteiger partial charge in [0.25, 0.3) is 0 Å². The van der Waals surface area contributed by atoms with E-state index < -0.39 is 0 Å². The molecule has 2 nitrogen and oxygen atoms in total. The molecule has 0 spiro atoms. The lowest BCUT2D eigenvalue weighted by Gasteiger charge is -2.15. The molecule has 0 aliphatic heterocycles. The number of rotatable bonds is 5. The van der Waals surface area contributed by atoms with E-state index in [1.165, 1.54) is 5.69 Å². The first-order valence-corrected chi connectivity index (χ1v) is 5.69. The summed E-state index contributed by atoms with van der Waals surface area (Å²) >= 11 is 6.17. The minimum absolute atomic E-state index is 0.309. The number of aryl methyl sites for hydroxylation is 2. The molecule has 14 heavy (non-hydrogen) atoms. The predicted octanol–water partition coefficient (Wildman–Crippen LogP) is 3.01. The quantitative estimate of drug-likeness (QED) is 0.690. The third-order valence-electron chi connectivity index (χ3n) is 2.79. The van der Waals surface area contributed by atoms with Crippen LogP contribution in [0.3, 0.4) is 0 Å². The van der Waals surface area contributed by atoms with Crippen molar-refractivity contribution >= 4 is 11.6 Å². The van der Waals surface area contributed by atoms with Crippen molar-refractivity contribution in [1.29, 1.82) is 0 Å². The largest absolute Gasteiger partial charge is 0.273 e. The van der Waals surface area contributed by atoms with Crippen LogP contribution in [0, 0.1) is 5.92 Å². The predicted molar refractivity (Wildman–Crippen MR) is 60.6 cm³/mol. The molecule has 0 bridgehead atoms. The second-order valence-electron chi connectivity index (χ2n) is 3.89. The summed E-state index contributed by atoms with van der Waals surface area (Å²) < 4.78 is 1.93. The Morgan fingerprint density at radius 1 is 1.57 bits per heavy atom. The molecular formula is C11H19ClN2. The minimum atomic E-state index is 0.309. The van der Waals surface area contributed by atoms with Crippen LogP contribution in [0.15, 0.2) is 12.3 Å². The molecule has 1 aromatic heterocycles. The smallest absolute Gasteiger partial charge is 0.0492 e. The van der Waals surface area contributed by atoms with Gasteiger partial charge in [0.15, 0.2) is 0 Å². The van der Waals surface area contributed by atoms with Crippen LogP contribution in [0.1, 0.15) is 32.4 Å². The molecule has 2 atom stereocenters. The van der Waals surface area contributed by atoms with Gasteiger partial charge in [-0.1, -0.05) is 13.8 Å². The van der Waals surface area contributed by atoms with Gasteiger partial charge in [-0.05, 0) is 31.2 Å². The molecular weight excluding hydrogens is 196 g/mol. The maximum Gasteiger partial charge on any atom is 0.0492 e. The molecule has 2 unspecified atom stereocenters. The summed E-state index contributed by atoms with van der Waals surface area (Å²) in [4.78, 5) is 0. The molecule has 1 heterocycles. The molecule has 0 aromatic carbocycles. The van der Waals surface area contributed by atoms with Crippen molar-refractivity contribution in [3.05, 3.63) is 18.0 Å². The lowest BCUT2D eigenvalue weighted by atomic mass is 9.99. The summed E-state index contributed by atoms with van der Waals surface area (Å²) in [5.74, 6) is 0.580. The van der Waals surface area contributed by atoms with Crippen LogP contribution < -0.4 is 0 Å². The zero-order valence-electron chi connectivity index (χ0n) is 9.20. The van der Waals surface area contributed by atoms with Gasteiger partial charge in [0.05, 0.1) is 0 Å². The number of hydrogen-bond acceptors (Lipinski definition) is 1. The molecule has 0 saturated carbocycles. The van der Waals surface area contributed by atoms with Gasteiger partial charge >= 0.3 is 0 Å². The van der Waals surface area contributed by atoms with Crippen molar-refractivity contribution in [2.75, 3.05) is 0 Å². The summed E-state index contributed by atoms with van der Waals surface area (Å²) in [6.07, 6.45) is 5.11. The molecule has 1 rings (SSSR count). The summed E-state index contributed by atoms with van der Waals surface area (Å²) in [5.41, 5.74) is 1.29. The Bertz CT molecular complexity index is 270. The van der Waals surface area contributed by atoms with E-state index in [0.29, 0.717) is 11.3 Å². The molecule has 0 radical (unpaired) electrons. The molecule has 0 saturated heterocycles. The fourth-order valence-corrected chi connectivity index (χ4v) is 1.73. The summed E-state index contributed by atoms with van der Waals surface area (Å²) in [6.45, 7) is 4.36. The van der Waals surface area contributed by atoms with E-state index in [0.717, 1.165) is 19.3 Å². The van der Waals surface area contributed by atoms with Gasteiger partial charge in [-0.25, -0.2) is 0 Å². The maximum absolute atomic E-state index is 6.17. The second kappa shape index (κ2) is 5.40. The number of hydrogen-bond donors (Lipinski definition) is 0. The zero-order chi connectivity index (χ0) is 10.6. The lowest BCUT2D eigenvalue weighted by molar-refractivity contribution is 0.485. The number of aromatic nitrogens is 2. The summed E-state index contributed by atoms with van der Waals surface area (Å²) in [5, 5.41) is 4.45. The SMILES string of the molecule is CCC(Cl)C(C)CCc1ccnn1C. The average Bonchev–Trinajstić information content (AvgIpc) is 2.59. The van der Waals surface area contributed by atoms with E-state index in [1.807, 2.05) is 17.9 Å². The average molecular weight is 215 g/mol. The maximum atomic E-state index is 6.17. The first kappa shape index (κ1) is 11.6. The second-order valence-corrected chi connectivity index (χ2v) is 4.45. The van der Waals surface area contributed by atoms with Crippen LogP contribution in [-0.4, -0.2) is 15.2 Å². The number of nitrogens with zero attached hydrogens (tertiary/aromatic N) is 2. The van der Waals surface area contributed by atoms with E-state index in [2.05, 4.69) is 25.0 Å². The normalized spacial score (nSPS) is 15.4. The van der Waals surface area contributed by atoms with Crippen molar-refractivity contribution in [3.63, 3.8) is 0 Å². The van der Waals surface area contributed by atoms with Crippen LogP contribution in [0.4, 0.5) is 0 Å². The zero-order valence-corrected chi connectivity index (χ0v) is 9.96. The first-order valence-electron chi connectivity index (χ1n) is 5.26. The van der Waals surface area contributed by atoms with Crippen molar-refractivity contribution in [1.82, 2.24) is 9.78 Å².